The number of hydrogen-bond acceptors (Lipinski definition) is 4. The second-order valence-corrected chi connectivity index (χ2v) is 8.89. The van der Waals surface area contributed by atoms with E-state index in [2.05, 4.69) is 25.7 Å². The zero-order chi connectivity index (χ0) is 30.4. The molecule has 0 saturated heterocycles. The summed E-state index contributed by atoms with van der Waals surface area (Å²) < 4.78 is 0. The molecule has 0 bridgehead atoms. The lowest BCUT2D eigenvalue weighted by Gasteiger charge is -2.18. The third-order valence-electron chi connectivity index (χ3n) is 5.93. The van der Waals surface area contributed by atoms with E-state index in [4.69, 9.17) is 16.7 Å². The maximum absolute atomic E-state index is 11.9. The molecule has 0 heterocycles. The van der Waals surface area contributed by atoms with Crippen LogP contribution in [0.1, 0.15) is 80.3 Å². The number of halogens is 1. The van der Waals surface area contributed by atoms with Crippen molar-refractivity contribution >= 4 is 28.8 Å². The lowest BCUT2D eigenvalue weighted by molar-refractivity contribution is 0.0695. The number of aryl methyl sites for hydroxylation is 2. The van der Waals surface area contributed by atoms with Crippen LogP contribution in [0, 0.1) is 13.8 Å². The molecular formula is C31H50ClN3O4. The number of hydrogen-bond donors (Lipinski definition) is 1. The number of carbonyl (C=O) groups excluding carboxylic acids is 2. The minimum atomic E-state index is -0.872. The summed E-state index contributed by atoms with van der Waals surface area (Å²) in [6, 6.07) is 14.5. The molecule has 7 nitrogen and oxygen atoms in total. The van der Waals surface area contributed by atoms with Crippen LogP contribution in [0.25, 0.3) is 0 Å². The van der Waals surface area contributed by atoms with Gasteiger partial charge in [0.25, 0.3) is 5.91 Å². The monoisotopic (exact) mass is 563 g/mol. The number of carboxylic acid groups (broad SMARTS) is 1. The van der Waals surface area contributed by atoms with Crippen LogP contribution in [0.15, 0.2) is 48.5 Å². The summed E-state index contributed by atoms with van der Waals surface area (Å²) in [5, 5.41) is 8.14. The number of amides is 2. The highest BCUT2D eigenvalue weighted by Crippen LogP contribution is 2.07. The molecule has 0 aliphatic rings. The molecule has 0 unspecified atom stereocenters. The topological polar surface area (TPSA) is 81.2 Å². The molecule has 0 aliphatic heterocycles. The quantitative estimate of drug-likeness (QED) is 0.257. The van der Waals surface area contributed by atoms with Crippen LogP contribution >= 0.6 is 11.6 Å². The molecular weight excluding hydrogens is 514 g/mol. The van der Waals surface area contributed by atoms with Gasteiger partial charge >= 0.3 is 11.3 Å². The fourth-order valence-corrected chi connectivity index (χ4v) is 3.63. The second kappa shape index (κ2) is 23.0. The molecule has 2 rings (SSSR count). The molecule has 220 valence electrons. The Balaban J connectivity index is 0. The fraction of sp³-hybridized carbons (Fsp3) is 0.516. The first kappa shape index (κ1) is 38.2. The van der Waals surface area contributed by atoms with Crippen LogP contribution in [0.5, 0.6) is 0 Å². The van der Waals surface area contributed by atoms with Crippen molar-refractivity contribution in [1.29, 1.82) is 0 Å². The fourth-order valence-electron chi connectivity index (χ4n) is 3.39. The number of rotatable bonds is 9. The van der Waals surface area contributed by atoms with Crippen molar-refractivity contribution in [3.05, 3.63) is 70.8 Å². The molecule has 8 heteroatoms. The Kier molecular flexibility index (Phi) is 22.6. The molecule has 0 spiro atoms. The third kappa shape index (κ3) is 17.3. The van der Waals surface area contributed by atoms with Gasteiger partial charge in [0.05, 0.1) is 5.56 Å². The number of nitrogens with zero attached hydrogens (tertiary/aromatic N) is 3. The van der Waals surface area contributed by atoms with E-state index in [9.17, 15) is 14.4 Å². The average molecular weight is 564 g/mol. The van der Waals surface area contributed by atoms with Crippen molar-refractivity contribution in [3.8, 4) is 0 Å². The van der Waals surface area contributed by atoms with Crippen molar-refractivity contribution in [1.82, 2.24) is 14.7 Å². The lowest BCUT2D eigenvalue weighted by Crippen LogP contribution is -2.30. The molecule has 0 radical (unpaired) electrons. The summed E-state index contributed by atoms with van der Waals surface area (Å²) in [6.45, 7) is 24.7. The molecule has 0 saturated carbocycles. The number of benzene rings is 2. The molecule has 0 atom stereocenters. The Bertz CT molecular complexity index is 951. The van der Waals surface area contributed by atoms with Gasteiger partial charge in [0.2, 0.25) is 0 Å². The van der Waals surface area contributed by atoms with Crippen LogP contribution < -0.4 is 0 Å². The van der Waals surface area contributed by atoms with E-state index < -0.39 is 5.97 Å². The minimum absolute atomic E-state index is 0.124. The maximum Gasteiger partial charge on any atom is 0.335 e. The van der Waals surface area contributed by atoms with Crippen molar-refractivity contribution in [2.75, 3.05) is 45.8 Å². The first-order valence-corrected chi connectivity index (χ1v) is 14.2. The Labute approximate surface area is 241 Å². The highest BCUT2D eigenvalue weighted by Gasteiger charge is 2.11. The van der Waals surface area contributed by atoms with E-state index in [1.165, 1.54) is 19.6 Å². The molecule has 0 aromatic heterocycles. The van der Waals surface area contributed by atoms with Crippen LogP contribution in [0.4, 0.5) is 4.79 Å². The van der Waals surface area contributed by atoms with Gasteiger partial charge < -0.3 is 19.8 Å². The van der Waals surface area contributed by atoms with Gasteiger partial charge in [-0.15, -0.1) is 0 Å². The van der Waals surface area contributed by atoms with Gasteiger partial charge in [-0.1, -0.05) is 56.2 Å². The van der Waals surface area contributed by atoms with Gasteiger partial charge in [0.15, 0.2) is 0 Å². The molecule has 2 aromatic rings. The van der Waals surface area contributed by atoms with Crippen molar-refractivity contribution in [2.24, 2.45) is 0 Å². The first-order valence-electron chi connectivity index (χ1n) is 13.8. The smallest absolute Gasteiger partial charge is 0.335 e. The summed E-state index contributed by atoms with van der Waals surface area (Å²) in [7, 11) is 0. The normalized spacial score (nSPS) is 9.62. The summed E-state index contributed by atoms with van der Waals surface area (Å²) in [5.74, 6) is -0.748. The average Bonchev–Trinajstić information content (AvgIpc) is 2.92. The summed E-state index contributed by atoms with van der Waals surface area (Å²) in [4.78, 5) is 38.3. The highest BCUT2D eigenvalue weighted by atomic mass is 35.5. The minimum Gasteiger partial charge on any atom is -0.478 e. The van der Waals surface area contributed by atoms with Gasteiger partial charge in [0.1, 0.15) is 0 Å². The number of carboxylic acids is 1. The van der Waals surface area contributed by atoms with Gasteiger partial charge in [-0.25, -0.2) is 4.79 Å². The Morgan fingerprint density at radius 3 is 1.26 bits per heavy atom. The molecule has 2 amide bonds. The van der Waals surface area contributed by atoms with E-state index in [-0.39, 0.29) is 11.3 Å². The van der Waals surface area contributed by atoms with Crippen molar-refractivity contribution in [2.45, 2.75) is 62.3 Å². The summed E-state index contributed by atoms with van der Waals surface area (Å²) in [5.41, 5.74) is 3.23. The predicted molar refractivity (Wildman–Crippen MR) is 164 cm³/mol. The predicted octanol–water partition coefficient (Wildman–Crippen LogP) is 7.21. The van der Waals surface area contributed by atoms with Gasteiger partial charge in [0, 0.05) is 31.7 Å². The molecule has 1 N–H and O–H groups in total. The standard InChI is InChI=1S/C12H17NO.C8H8O2.C6H15N.C5H10ClNO/c1-4-13(5-2)12(14)11-8-6-7-10(3)9-11;1-6-3-2-4-7(5-6)8(9)10;1-4-7(5-2)6-3;1-3-7(4-2)5(6)8/h6-9H,4-5H2,1-3H3;2-5H,1H3,(H,9,10);4-6H2,1-3H3;3-4H2,1-2H3. The Morgan fingerprint density at radius 2 is 1.03 bits per heavy atom. The third-order valence-corrected chi connectivity index (χ3v) is 6.17. The summed E-state index contributed by atoms with van der Waals surface area (Å²) in [6.07, 6.45) is 0. The van der Waals surface area contributed by atoms with Crippen LogP contribution in [-0.2, 0) is 0 Å². The first-order chi connectivity index (χ1) is 18.4. The van der Waals surface area contributed by atoms with E-state index in [1.807, 2.05) is 76.8 Å². The van der Waals surface area contributed by atoms with E-state index in [1.54, 1.807) is 23.1 Å². The number of carbonyl (C=O) groups is 3. The van der Waals surface area contributed by atoms with E-state index in [0.717, 1.165) is 29.8 Å². The SMILES string of the molecule is CCN(CC)C(=O)Cl.CCN(CC)C(=O)c1cccc(C)c1.CCN(CC)CC.Cc1cccc(C(=O)O)c1. The van der Waals surface area contributed by atoms with Crippen molar-refractivity contribution in [3.63, 3.8) is 0 Å². The van der Waals surface area contributed by atoms with Crippen LogP contribution in [0.2, 0.25) is 0 Å². The Morgan fingerprint density at radius 1 is 0.641 bits per heavy atom. The summed E-state index contributed by atoms with van der Waals surface area (Å²) >= 11 is 5.13. The molecule has 2 aromatic carbocycles. The van der Waals surface area contributed by atoms with Gasteiger partial charge in [-0.05, 0) is 97.0 Å². The van der Waals surface area contributed by atoms with Crippen LogP contribution in [-0.4, -0.2) is 82.9 Å². The second-order valence-electron chi connectivity index (χ2n) is 8.57. The maximum atomic E-state index is 11.9. The molecule has 39 heavy (non-hydrogen) atoms. The van der Waals surface area contributed by atoms with Crippen molar-refractivity contribution < 1.29 is 19.5 Å². The van der Waals surface area contributed by atoms with E-state index >= 15 is 0 Å². The largest absolute Gasteiger partial charge is 0.478 e. The molecule has 0 aliphatic carbocycles. The molecule has 0 fully saturated rings. The van der Waals surface area contributed by atoms with Gasteiger partial charge in [-0.2, -0.15) is 0 Å². The zero-order valence-corrected chi connectivity index (χ0v) is 26.2. The zero-order valence-electron chi connectivity index (χ0n) is 25.5. The van der Waals surface area contributed by atoms with E-state index in [0.29, 0.717) is 18.7 Å². The lowest BCUT2D eigenvalue weighted by atomic mass is 10.1. The highest BCUT2D eigenvalue weighted by molar-refractivity contribution is 6.62. The van der Waals surface area contributed by atoms with Gasteiger partial charge in [-0.3, -0.25) is 9.59 Å². The van der Waals surface area contributed by atoms with Crippen LogP contribution in [0.3, 0.4) is 0 Å². The Hall–Kier alpha value is -2.90. The number of aromatic carboxylic acids is 1.